The molecule has 0 bridgehead atoms. The lowest BCUT2D eigenvalue weighted by Gasteiger charge is -2.44. The Bertz CT molecular complexity index is 941. The first-order valence-electron chi connectivity index (χ1n) is 9.07. The molecule has 0 amide bonds. The number of rotatable bonds is 4. The number of halogens is 2. The number of alkyl halides is 2. The van der Waals surface area contributed by atoms with E-state index < -0.39 is 11.5 Å². The molecule has 146 valence electrons. The van der Waals surface area contributed by atoms with Gasteiger partial charge in [-0.3, -0.25) is 0 Å². The normalized spacial score (nSPS) is 22.8. The van der Waals surface area contributed by atoms with Gasteiger partial charge in [0.05, 0.1) is 11.5 Å². The minimum Gasteiger partial charge on any atom is -0.370 e. The molecular weight excluding hydrogens is 356 g/mol. The van der Waals surface area contributed by atoms with E-state index in [1.54, 1.807) is 23.1 Å². The average Bonchev–Trinajstić information content (AvgIpc) is 2.66. The topological polar surface area (TPSA) is 41.6 Å². The number of guanidine groups is 1. The molecule has 1 aliphatic rings. The van der Waals surface area contributed by atoms with Gasteiger partial charge in [0.15, 0.2) is 5.96 Å². The second-order valence-electron chi connectivity index (χ2n) is 7.44. The lowest BCUT2D eigenvalue weighted by atomic mass is 9.73. The van der Waals surface area contributed by atoms with E-state index in [1.807, 2.05) is 38.2 Å². The molecule has 0 radical (unpaired) electrons. The van der Waals surface area contributed by atoms with Gasteiger partial charge in [0, 0.05) is 25.2 Å². The predicted molar refractivity (Wildman–Crippen MR) is 111 cm³/mol. The van der Waals surface area contributed by atoms with Crippen molar-refractivity contribution >= 4 is 12.0 Å². The zero-order valence-electron chi connectivity index (χ0n) is 16.4. The maximum Gasteiger partial charge on any atom is 0.270 e. The lowest BCUT2D eigenvalue weighted by Crippen LogP contribution is -2.47. The molecule has 2 aromatic rings. The number of hydrogen-bond donors (Lipinski definition) is 1. The fourth-order valence-electron chi connectivity index (χ4n) is 3.74. The largest absolute Gasteiger partial charge is 0.370 e. The van der Waals surface area contributed by atoms with Gasteiger partial charge >= 0.3 is 0 Å². The van der Waals surface area contributed by atoms with Crippen LogP contribution >= 0.6 is 0 Å². The summed E-state index contributed by atoms with van der Waals surface area (Å²) in [4.78, 5) is 6.54. The van der Waals surface area contributed by atoms with Crippen LogP contribution in [0.4, 0.5) is 8.78 Å². The van der Waals surface area contributed by atoms with E-state index in [2.05, 4.69) is 13.2 Å². The number of nitrogens with zero attached hydrogens (tertiary/aromatic N) is 2. The summed E-state index contributed by atoms with van der Waals surface area (Å²) in [6.45, 7) is 11.0. The summed E-state index contributed by atoms with van der Waals surface area (Å²) in [6.07, 6.45) is 1.77. The Morgan fingerprint density at radius 2 is 1.86 bits per heavy atom. The summed E-state index contributed by atoms with van der Waals surface area (Å²) >= 11 is 0. The van der Waals surface area contributed by atoms with Gasteiger partial charge < -0.3 is 10.6 Å². The van der Waals surface area contributed by atoms with Crippen LogP contribution in [0.1, 0.15) is 42.0 Å². The van der Waals surface area contributed by atoms with Crippen LogP contribution in [0, 0.1) is 0 Å². The quantitative estimate of drug-likeness (QED) is 0.789. The van der Waals surface area contributed by atoms with Crippen LogP contribution < -0.4 is 5.73 Å². The first kappa shape index (κ1) is 19.8. The molecule has 28 heavy (non-hydrogen) atoms. The van der Waals surface area contributed by atoms with Crippen LogP contribution in [-0.4, -0.2) is 17.9 Å². The van der Waals surface area contributed by atoms with Gasteiger partial charge in [-0.25, -0.2) is 13.8 Å². The molecule has 0 saturated carbocycles. The molecular formula is C23H25F2N3. The van der Waals surface area contributed by atoms with Gasteiger partial charge in [-0.05, 0) is 29.7 Å². The van der Waals surface area contributed by atoms with Crippen molar-refractivity contribution in [2.24, 2.45) is 10.7 Å². The molecule has 0 saturated heterocycles. The van der Waals surface area contributed by atoms with Gasteiger partial charge in [-0.1, -0.05) is 61.7 Å². The fourth-order valence-corrected chi connectivity index (χ4v) is 3.74. The van der Waals surface area contributed by atoms with Crippen molar-refractivity contribution in [3.05, 3.63) is 89.6 Å². The van der Waals surface area contributed by atoms with Crippen molar-refractivity contribution in [3.63, 3.8) is 0 Å². The van der Waals surface area contributed by atoms with E-state index in [0.717, 1.165) is 29.3 Å². The number of aliphatic imine (C=N–C) groups is 1. The Labute approximate surface area is 164 Å². The minimum atomic E-state index is -2.89. The van der Waals surface area contributed by atoms with E-state index >= 15 is 0 Å². The Balaban J connectivity index is 2.17. The van der Waals surface area contributed by atoms with Crippen molar-refractivity contribution in [2.45, 2.75) is 31.2 Å². The summed E-state index contributed by atoms with van der Waals surface area (Å²) < 4.78 is 27.3. The summed E-state index contributed by atoms with van der Waals surface area (Å²) in [6, 6.07) is 14.3. The zero-order chi connectivity index (χ0) is 20.7. The van der Waals surface area contributed by atoms with Crippen LogP contribution in [0.3, 0.4) is 0 Å². The van der Waals surface area contributed by atoms with Gasteiger partial charge in [0.1, 0.15) is 0 Å². The maximum atomic E-state index is 13.6. The fraction of sp³-hybridized carbons (Fsp3) is 0.261. The molecule has 2 aromatic carbocycles. The van der Waals surface area contributed by atoms with E-state index in [4.69, 9.17) is 10.7 Å². The van der Waals surface area contributed by atoms with E-state index in [1.165, 1.54) is 12.1 Å². The van der Waals surface area contributed by atoms with Crippen molar-refractivity contribution in [1.29, 1.82) is 0 Å². The van der Waals surface area contributed by atoms with Crippen molar-refractivity contribution in [2.75, 3.05) is 7.05 Å². The maximum absolute atomic E-state index is 13.6. The van der Waals surface area contributed by atoms with Gasteiger partial charge in [0.2, 0.25) is 0 Å². The summed E-state index contributed by atoms with van der Waals surface area (Å²) in [5, 5.41) is 0. The third kappa shape index (κ3) is 3.33. The number of nitrogens with two attached hydrogens (primary N) is 1. The lowest BCUT2D eigenvalue weighted by molar-refractivity contribution is 0.0174. The highest BCUT2D eigenvalue weighted by Crippen LogP contribution is 2.48. The molecule has 1 heterocycles. The average molecular weight is 381 g/mol. The van der Waals surface area contributed by atoms with Crippen molar-refractivity contribution < 1.29 is 8.78 Å². The highest BCUT2D eigenvalue weighted by atomic mass is 19.3. The minimum absolute atomic E-state index is 0.0237. The number of hydrogen-bond acceptors (Lipinski definition) is 3. The highest BCUT2D eigenvalue weighted by molar-refractivity contribution is 5.82. The molecule has 1 aliphatic heterocycles. The molecule has 0 fully saturated rings. The Morgan fingerprint density at radius 1 is 1.21 bits per heavy atom. The molecule has 3 rings (SSSR count). The summed E-state index contributed by atoms with van der Waals surface area (Å²) in [7, 11) is 1.81. The second-order valence-corrected chi connectivity index (χ2v) is 7.44. The molecule has 5 heteroatoms. The van der Waals surface area contributed by atoms with E-state index in [0.29, 0.717) is 5.96 Å². The van der Waals surface area contributed by atoms with Crippen LogP contribution in [0.2, 0.25) is 0 Å². The SMILES string of the molecule is C=Cc1cccc([C@@]2(C)N=C(N)N(C)C(=C)[C@H]2c2ccc(C(C)(F)F)cc2)c1. The van der Waals surface area contributed by atoms with Gasteiger partial charge in [-0.15, -0.1) is 0 Å². The Kier molecular flexibility index (Phi) is 4.88. The predicted octanol–water partition coefficient (Wildman–Crippen LogP) is 5.21. The zero-order valence-corrected chi connectivity index (χ0v) is 16.4. The highest BCUT2D eigenvalue weighted by Gasteiger charge is 2.44. The number of benzene rings is 2. The molecule has 2 N–H and O–H groups in total. The molecule has 0 aliphatic carbocycles. The second kappa shape index (κ2) is 6.89. The van der Waals surface area contributed by atoms with E-state index in [-0.39, 0.29) is 11.5 Å². The third-order valence-corrected chi connectivity index (χ3v) is 5.47. The first-order valence-corrected chi connectivity index (χ1v) is 9.07. The van der Waals surface area contributed by atoms with Crippen LogP contribution in [-0.2, 0) is 11.5 Å². The molecule has 0 spiro atoms. The molecule has 0 aromatic heterocycles. The van der Waals surface area contributed by atoms with Crippen LogP contribution in [0.5, 0.6) is 0 Å². The number of likely N-dealkylation sites (N-methyl/N-ethyl adjacent to an activating group) is 1. The summed E-state index contributed by atoms with van der Waals surface area (Å²) in [5.74, 6) is -2.78. The standard InChI is InChI=1S/C23H25F2N3/c1-6-16-8-7-9-19(14-16)22(3)20(15(2)28(5)21(26)27-22)17-10-12-18(13-11-17)23(4,24)25/h6-14,20H,1-2H2,3-5H3,(H2,26,27)/t20-,22+/m0/s1. The van der Waals surface area contributed by atoms with Gasteiger partial charge in [-0.2, -0.15) is 0 Å². The monoisotopic (exact) mass is 381 g/mol. The Morgan fingerprint density at radius 3 is 2.43 bits per heavy atom. The van der Waals surface area contributed by atoms with E-state index in [9.17, 15) is 8.78 Å². The first-order chi connectivity index (χ1) is 13.1. The van der Waals surface area contributed by atoms with Crippen LogP contribution in [0.25, 0.3) is 6.08 Å². The van der Waals surface area contributed by atoms with Crippen molar-refractivity contribution in [1.82, 2.24) is 4.90 Å². The third-order valence-electron chi connectivity index (χ3n) is 5.47. The molecule has 0 unspecified atom stereocenters. The van der Waals surface area contributed by atoms with Crippen molar-refractivity contribution in [3.8, 4) is 0 Å². The molecule has 2 atom stereocenters. The smallest absolute Gasteiger partial charge is 0.270 e. The van der Waals surface area contributed by atoms with Gasteiger partial charge in [0.25, 0.3) is 5.92 Å². The Hall–Kier alpha value is -2.95. The summed E-state index contributed by atoms with van der Waals surface area (Å²) in [5.41, 5.74) is 8.95. The molecule has 3 nitrogen and oxygen atoms in total. The van der Waals surface area contributed by atoms with Crippen LogP contribution in [0.15, 0.2) is 72.4 Å².